The molecule has 114 valence electrons. The van der Waals surface area contributed by atoms with E-state index in [0.717, 1.165) is 28.1 Å². The van der Waals surface area contributed by atoms with Crippen molar-refractivity contribution in [3.8, 4) is 11.1 Å². The van der Waals surface area contributed by atoms with E-state index in [1.165, 1.54) is 5.56 Å². The average molecular weight is 300 g/mol. The van der Waals surface area contributed by atoms with Crippen LogP contribution in [0, 0.1) is 6.92 Å². The molecule has 0 aliphatic heterocycles. The smallest absolute Gasteiger partial charge is 0.0624 e. The van der Waals surface area contributed by atoms with Crippen molar-refractivity contribution in [1.82, 2.24) is 0 Å². The topological polar surface area (TPSA) is 38.0 Å². The monoisotopic (exact) mass is 300 g/mol. The Labute approximate surface area is 137 Å². The molecule has 0 spiro atoms. The van der Waals surface area contributed by atoms with Crippen molar-refractivity contribution in [2.75, 3.05) is 11.1 Å². The van der Waals surface area contributed by atoms with Crippen molar-refractivity contribution in [2.24, 2.45) is 0 Å². The Morgan fingerprint density at radius 3 is 2.26 bits per heavy atom. The molecule has 0 radical (unpaired) electrons. The first-order valence-corrected chi connectivity index (χ1v) is 7.61. The molecule has 0 unspecified atom stereocenters. The molecule has 3 aromatic carbocycles. The highest BCUT2D eigenvalue weighted by molar-refractivity contribution is 5.84. The molecule has 3 N–H and O–H groups in total. The maximum absolute atomic E-state index is 6.11. The lowest BCUT2D eigenvalue weighted by atomic mass is 10.0. The van der Waals surface area contributed by atoms with E-state index in [9.17, 15) is 0 Å². The van der Waals surface area contributed by atoms with Gasteiger partial charge in [-0.15, -0.1) is 0 Å². The van der Waals surface area contributed by atoms with Crippen molar-refractivity contribution in [3.05, 3.63) is 90.5 Å². The number of nitrogen functional groups attached to an aromatic ring is 1. The predicted octanol–water partition coefficient (Wildman–Crippen LogP) is 5.33. The molecule has 3 rings (SSSR count). The third-order valence-electron chi connectivity index (χ3n) is 3.85. The molecule has 0 bridgehead atoms. The third-order valence-corrected chi connectivity index (χ3v) is 3.85. The van der Waals surface area contributed by atoms with Crippen LogP contribution in [0.1, 0.15) is 11.1 Å². The highest BCUT2D eigenvalue weighted by Crippen LogP contribution is 2.29. The molecule has 0 aromatic heterocycles. The van der Waals surface area contributed by atoms with Crippen LogP contribution in [0.15, 0.2) is 79.4 Å². The Kier molecular flexibility index (Phi) is 4.15. The van der Waals surface area contributed by atoms with E-state index < -0.39 is 0 Å². The first-order valence-electron chi connectivity index (χ1n) is 7.61. The number of anilines is 2. The fourth-order valence-corrected chi connectivity index (χ4v) is 2.46. The van der Waals surface area contributed by atoms with E-state index in [4.69, 9.17) is 5.73 Å². The zero-order valence-electron chi connectivity index (χ0n) is 13.2. The van der Waals surface area contributed by atoms with Gasteiger partial charge in [-0.05, 0) is 35.7 Å². The Hall–Kier alpha value is -3.00. The lowest BCUT2D eigenvalue weighted by Crippen LogP contribution is -2.01. The van der Waals surface area contributed by atoms with Gasteiger partial charge < -0.3 is 11.1 Å². The minimum absolute atomic E-state index is 0.706. The number of hydrogen-bond donors (Lipinski definition) is 2. The zero-order chi connectivity index (χ0) is 16.2. The number of benzene rings is 3. The van der Waals surface area contributed by atoms with Crippen molar-refractivity contribution in [1.29, 1.82) is 0 Å². The van der Waals surface area contributed by atoms with E-state index in [-0.39, 0.29) is 0 Å². The van der Waals surface area contributed by atoms with Crippen LogP contribution in [0.5, 0.6) is 0 Å². The first-order chi connectivity index (χ1) is 11.1. The number of rotatable bonds is 4. The van der Waals surface area contributed by atoms with Crippen molar-refractivity contribution < 1.29 is 0 Å². The highest BCUT2D eigenvalue weighted by atomic mass is 14.9. The van der Waals surface area contributed by atoms with Crippen molar-refractivity contribution in [2.45, 2.75) is 6.92 Å². The van der Waals surface area contributed by atoms with Gasteiger partial charge in [0.2, 0.25) is 0 Å². The molecule has 2 heteroatoms. The van der Waals surface area contributed by atoms with E-state index in [2.05, 4.69) is 61.3 Å². The Morgan fingerprint density at radius 2 is 1.57 bits per heavy atom. The van der Waals surface area contributed by atoms with Crippen LogP contribution in [-0.2, 0) is 0 Å². The SMILES string of the molecule is C=C(Nc1cc(-c2ccccc2)ccc1N)c1ccc(C)cc1. The molecule has 23 heavy (non-hydrogen) atoms. The summed E-state index contributed by atoms with van der Waals surface area (Å²) in [6.45, 7) is 6.20. The molecule has 3 aromatic rings. The van der Waals surface area contributed by atoms with Gasteiger partial charge in [-0.3, -0.25) is 0 Å². The van der Waals surface area contributed by atoms with Gasteiger partial charge in [0.25, 0.3) is 0 Å². The first kappa shape index (κ1) is 14.9. The minimum atomic E-state index is 0.706. The molecule has 0 aliphatic carbocycles. The van der Waals surface area contributed by atoms with Gasteiger partial charge in [-0.1, -0.05) is 72.8 Å². The zero-order valence-corrected chi connectivity index (χ0v) is 13.2. The summed E-state index contributed by atoms with van der Waals surface area (Å²) in [6.07, 6.45) is 0. The fourth-order valence-electron chi connectivity index (χ4n) is 2.46. The summed E-state index contributed by atoms with van der Waals surface area (Å²) in [7, 11) is 0. The Bertz CT molecular complexity index is 818. The summed E-state index contributed by atoms with van der Waals surface area (Å²) in [5.74, 6) is 0. The van der Waals surface area contributed by atoms with E-state index in [1.807, 2.05) is 30.3 Å². The van der Waals surface area contributed by atoms with Crippen LogP contribution in [0.2, 0.25) is 0 Å². The predicted molar refractivity (Wildman–Crippen MR) is 100 cm³/mol. The third kappa shape index (κ3) is 3.43. The summed E-state index contributed by atoms with van der Waals surface area (Å²) < 4.78 is 0. The second-order valence-corrected chi connectivity index (χ2v) is 5.64. The quantitative estimate of drug-likeness (QED) is 0.639. The minimum Gasteiger partial charge on any atom is -0.397 e. The Morgan fingerprint density at radius 1 is 0.870 bits per heavy atom. The second-order valence-electron chi connectivity index (χ2n) is 5.64. The van der Waals surface area contributed by atoms with Gasteiger partial charge in [0.05, 0.1) is 11.4 Å². The lowest BCUT2D eigenvalue weighted by molar-refractivity contribution is 1.44. The standard InChI is InChI=1S/C21H20N2/c1-15-8-10-17(11-9-15)16(2)23-21-14-19(12-13-20(21)22)18-6-4-3-5-7-18/h3-14,23H,2,22H2,1H3. The molecular formula is C21H20N2. The van der Waals surface area contributed by atoms with Crippen LogP contribution in [0.4, 0.5) is 11.4 Å². The van der Waals surface area contributed by atoms with Gasteiger partial charge in [0.15, 0.2) is 0 Å². The second kappa shape index (κ2) is 6.41. The normalized spacial score (nSPS) is 10.3. The highest BCUT2D eigenvalue weighted by Gasteiger charge is 2.05. The Balaban J connectivity index is 1.88. The maximum atomic E-state index is 6.11. The number of aryl methyl sites for hydroxylation is 1. The number of hydrogen-bond acceptors (Lipinski definition) is 2. The molecule has 0 amide bonds. The van der Waals surface area contributed by atoms with Gasteiger partial charge in [0, 0.05) is 5.70 Å². The molecule has 0 saturated heterocycles. The number of nitrogens with one attached hydrogen (secondary N) is 1. The number of nitrogens with two attached hydrogens (primary N) is 1. The molecule has 0 saturated carbocycles. The molecule has 0 heterocycles. The summed E-state index contributed by atoms with van der Waals surface area (Å²) in [5.41, 5.74) is 13.1. The molecule has 0 atom stereocenters. The molecule has 0 fully saturated rings. The van der Waals surface area contributed by atoms with Crippen LogP contribution >= 0.6 is 0 Å². The molecular weight excluding hydrogens is 280 g/mol. The van der Waals surface area contributed by atoms with Crippen LogP contribution in [0.25, 0.3) is 16.8 Å². The van der Waals surface area contributed by atoms with Crippen LogP contribution in [-0.4, -0.2) is 0 Å². The summed E-state index contributed by atoms with van der Waals surface area (Å²) in [4.78, 5) is 0. The summed E-state index contributed by atoms with van der Waals surface area (Å²) in [6, 6.07) is 24.5. The van der Waals surface area contributed by atoms with Gasteiger partial charge in [-0.25, -0.2) is 0 Å². The maximum Gasteiger partial charge on any atom is 0.0624 e. The lowest BCUT2D eigenvalue weighted by Gasteiger charge is -2.14. The summed E-state index contributed by atoms with van der Waals surface area (Å²) in [5, 5.41) is 3.34. The largest absolute Gasteiger partial charge is 0.397 e. The van der Waals surface area contributed by atoms with Crippen molar-refractivity contribution in [3.63, 3.8) is 0 Å². The van der Waals surface area contributed by atoms with E-state index in [1.54, 1.807) is 0 Å². The van der Waals surface area contributed by atoms with Crippen molar-refractivity contribution >= 4 is 17.1 Å². The van der Waals surface area contributed by atoms with Gasteiger partial charge in [-0.2, -0.15) is 0 Å². The van der Waals surface area contributed by atoms with E-state index in [0.29, 0.717) is 5.69 Å². The fraction of sp³-hybridized carbons (Fsp3) is 0.0476. The van der Waals surface area contributed by atoms with Crippen LogP contribution < -0.4 is 11.1 Å². The van der Waals surface area contributed by atoms with E-state index >= 15 is 0 Å². The average Bonchev–Trinajstić information content (AvgIpc) is 2.58. The van der Waals surface area contributed by atoms with Crippen LogP contribution in [0.3, 0.4) is 0 Å². The molecule has 0 aliphatic rings. The summed E-state index contributed by atoms with van der Waals surface area (Å²) >= 11 is 0. The van der Waals surface area contributed by atoms with Gasteiger partial charge in [0.1, 0.15) is 0 Å². The molecule has 2 nitrogen and oxygen atoms in total. The van der Waals surface area contributed by atoms with Gasteiger partial charge >= 0.3 is 0 Å².